The fourth-order valence-electron chi connectivity index (χ4n) is 6.80. The van der Waals surface area contributed by atoms with Gasteiger partial charge in [-0.05, 0) is 74.7 Å². The van der Waals surface area contributed by atoms with E-state index in [0.29, 0.717) is 56.3 Å². The molecule has 0 aliphatic carbocycles. The van der Waals surface area contributed by atoms with Crippen LogP contribution in [0.1, 0.15) is 39.5 Å². The van der Waals surface area contributed by atoms with Crippen LogP contribution in [0.15, 0.2) is 53.6 Å². The zero-order valence-corrected chi connectivity index (χ0v) is 24.3. The second-order valence-electron chi connectivity index (χ2n) is 10.8. The van der Waals surface area contributed by atoms with Crippen LogP contribution in [-0.4, -0.2) is 80.2 Å². The van der Waals surface area contributed by atoms with Gasteiger partial charge in [0.25, 0.3) is 5.91 Å². The first-order chi connectivity index (χ1) is 20.4. The SMILES string of the molecule is CCOC(=O)C1=NN(c2ccc(OC)cc2)C2(C(=O)N(c3ccc(N4CCCCC4=O)cc3)C3COCCN32)C1CC. The molecule has 3 fully saturated rings. The topological polar surface area (TPSA) is 104 Å². The maximum absolute atomic E-state index is 15.0. The summed E-state index contributed by atoms with van der Waals surface area (Å²) in [6, 6.07) is 14.9. The first-order valence-corrected chi connectivity index (χ1v) is 14.7. The van der Waals surface area contributed by atoms with Crippen LogP contribution < -0.4 is 19.5 Å². The molecule has 2 aromatic rings. The number of hydrogen-bond acceptors (Lipinski definition) is 9. The van der Waals surface area contributed by atoms with Gasteiger partial charge >= 0.3 is 5.97 Å². The summed E-state index contributed by atoms with van der Waals surface area (Å²) in [5.74, 6) is -0.476. The third kappa shape index (κ3) is 4.33. The molecule has 0 saturated carbocycles. The van der Waals surface area contributed by atoms with E-state index in [1.807, 2.05) is 60.4 Å². The Morgan fingerprint density at radius 1 is 1.00 bits per heavy atom. The lowest BCUT2D eigenvalue weighted by molar-refractivity contribution is -0.135. The van der Waals surface area contributed by atoms with E-state index in [4.69, 9.17) is 19.3 Å². The van der Waals surface area contributed by atoms with Gasteiger partial charge in [0, 0.05) is 30.9 Å². The molecule has 4 heterocycles. The van der Waals surface area contributed by atoms with Crippen molar-refractivity contribution < 1.29 is 28.6 Å². The summed E-state index contributed by atoms with van der Waals surface area (Å²) in [4.78, 5) is 46.5. The fraction of sp³-hybridized carbons (Fsp3) is 0.484. The highest BCUT2D eigenvalue weighted by Crippen LogP contribution is 2.50. The number of amides is 2. The molecule has 0 aromatic heterocycles. The summed E-state index contributed by atoms with van der Waals surface area (Å²) in [6.07, 6.45) is 2.50. The van der Waals surface area contributed by atoms with Crippen molar-refractivity contribution in [2.75, 3.05) is 54.8 Å². The summed E-state index contributed by atoms with van der Waals surface area (Å²) in [6.45, 7) is 5.84. The number of fused-ring (bicyclic) bond motifs is 2. The average molecular weight is 576 g/mol. The van der Waals surface area contributed by atoms with Gasteiger partial charge in [0.05, 0.1) is 38.5 Å². The molecule has 4 aliphatic rings. The Morgan fingerprint density at radius 3 is 2.38 bits per heavy atom. The monoisotopic (exact) mass is 575 g/mol. The molecule has 2 amide bonds. The fourth-order valence-corrected chi connectivity index (χ4v) is 6.80. The highest BCUT2D eigenvalue weighted by atomic mass is 16.5. The van der Waals surface area contributed by atoms with Crippen molar-refractivity contribution in [3.05, 3.63) is 48.5 Å². The van der Waals surface area contributed by atoms with E-state index in [1.54, 1.807) is 23.9 Å². The molecule has 42 heavy (non-hydrogen) atoms. The van der Waals surface area contributed by atoms with Crippen molar-refractivity contribution in [2.45, 2.75) is 51.4 Å². The van der Waals surface area contributed by atoms with Crippen molar-refractivity contribution in [3.63, 3.8) is 0 Å². The number of hydrogen-bond donors (Lipinski definition) is 0. The predicted octanol–water partition coefficient (Wildman–Crippen LogP) is 3.38. The number of morpholine rings is 1. The van der Waals surface area contributed by atoms with Gasteiger partial charge in [-0.25, -0.2) is 14.7 Å². The molecule has 2 aromatic carbocycles. The van der Waals surface area contributed by atoms with Crippen molar-refractivity contribution in [3.8, 4) is 5.75 Å². The first kappa shape index (κ1) is 28.2. The molecule has 11 nitrogen and oxygen atoms in total. The lowest BCUT2D eigenvalue weighted by Gasteiger charge is -2.44. The van der Waals surface area contributed by atoms with Gasteiger partial charge in [0.15, 0.2) is 5.71 Å². The predicted molar refractivity (Wildman–Crippen MR) is 157 cm³/mol. The number of methoxy groups -OCH3 is 1. The Kier molecular flexibility index (Phi) is 7.63. The van der Waals surface area contributed by atoms with Crippen LogP contribution in [0.25, 0.3) is 0 Å². The maximum Gasteiger partial charge on any atom is 0.354 e. The molecule has 11 heteroatoms. The summed E-state index contributed by atoms with van der Waals surface area (Å²) in [5.41, 5.74) is 1.10. The second kappa shape index (κ2) is 11.4. The second-order valence-corrected chi connectivity index (χ2v) is 10.8. The Balaban J connectivity index is 1.45. The molecule has 6 rings (SSSR count). The summed E-state index contributed by atoms with van der Waals surface area (Å²) in [7, 11) is 1.60. The third-order valence-corrected chi connectivity index (χ3v) is 8.69. The van der Waals surface area contributed by atoms with Crippen LogP contribution >= 0.6 is 0 Å². The van der Waals surface area contributed by atoms with E-state index in [9.17, 15) is 9.59 Å². The van der Waals surface area contributed by atoms with Crippen LogP contribution in [0.4, 0.5) is 17.1 Å². The standard InChI is InChI=1S/C31H37N5O6/c1-4-25-28(29(38)42-5-2)32-36(23-13-15-24(40-3)16-14-23)31(25)30(39)35(26-20-41-19-18-34(26)31)22-11-9-21(10-12-22)33-17-7-6-8-27(33)37/h9-16,25-26H,4-8,17-20H2,1-3H3. The minimum absolute atomic E-state index is 0.118. The van der Waals surface area contributed by atoms with E-state index < -0.39 is 23.7 Å². The Labute approximate surface area is 245 Å². The van der Waals surface area contributed by atoms with E-state index in [0.717, 1.165) is 18.5 Å². The summed E-state index contributed by atoms with van der Waals surface area (Å²) in [5, 5.41) is 6.54. The summed E-state index contributed by atoms with van der Waals surface area (Å²) < 4.78 is 16.7. The van der Waals surface area contributed by atoms with Gasteiger partial charge in [0.2, 0.25) is 11.6 Å². The smallest absolute Gasteiger partial charge is 0.354 e. The van der Waals surface area contributed by atoms with E-state index in [-0.39, 0.29) is 24.1 Å². The molecule has 0 N–H and O–H groups in total. The number of nitrogens with zero attached hydrogens (tertiary/aromatic N) is 5. The lowest BCUT2D eigenvalue weighted by Crippen LogP contribution is -2.65. The van der Waals surface area contributed by atoms with Gasteiger partial charge in [-0.2, -0.15) is 5.10 Å². The molecule has 0 bridgehead atoms. The van der Waals surface area contributed by atoms with Crippen molar-refractivity contribution in [2.24, 2.45) is 11.0 Å². The number of esters is 1. The Morgan fingerprint density at radius 2 is 1.71 bits per heavy atom. The molecule has 1 spiro atoms. The number of anilines is 3. The highest BCUT2D eigenvalue weighted by molar-refractivity contribution is 6.39. The Hall–Kier alpha value is -3.96. The molecule has 222 valence electrons. The van der Waals surface area contributed by atoms with E-state index in [2.05, 4.69) is 4.90 Å². The zero-order valence-electron chi connectivity index (χ0n) is 24.3. The van der Waals surface area contributed by atoms with Crippen molar-refractivity contribution >= 4 is 40.6 Å². The zero-order chi connectivity index (χ0) is 29.4. The number of piperidine rings is 1. The summed E-state index contributed by atoms with van der Waals surface area (Å²) >= 11 is 0. The molecule has 3 unspecified atom stereocenters. The minimum atomic E-state index is -1.30. The van der Waals surface area contributed by atoms with Crippen LogP contribution in [0.5, 0.6) is 5.75 Å². The third-order valence-electron chi connectivity index (χ3n) is 8.69. The average Bonchev–Trinajstić information content (AvgIpc) is 3.50. The molecule has 4 aliphatic heterocycles. The minimum Gasteiger partial charge on any atom is -0.497 e. The normalized spacial score (nSPS) is 26.1. The largest absolute Gasteiger partial charge is 0.497 e. The number of ether oxygens (including phenoxy) is 3. The van der Waals surface area contributed by atoms with E-state index in [1.165, 1.54) is 0 Å². The lowest BCUT2D eigenvalue weighted by atomic mass is 9.84. The molecule has 3 atom stereocenters. The number of benzene rings is 2. The molecular formula is C31H37N5O6. The number of carbonyl (C=O) groups is 3. The van der Waals surface area contributed by atoms with Gasteiger partial charge in [-0.3, -0.25) is 14.5 Å². The van der Waals surface area contributed by atoms with Crippen molar-refractivity contribution in [1.29, 1.82) is 0 Å². The van der Waals surface area contributed by atoms with Gasteiger partial charge in [-0.1, -0.05) is 6.92 Å². The van der Waals surface area contributed by atoms with Crippen molar-refractivity contribution in [1.82, 2.24) is 4.90 Å². The molecular weight excluding hydrogens is 538 g/mol. The van der Waals surface area contributed by atoms with Crippen LogP contribution in [0.2, 0.25) is 0 Å². The van der Waals surface area contributed by atoms with Crippen LogP contribution in [0.3, 0.4) is 0 Å². The quantitative estimate of drug-likeness (QED) is 0.463. The van der Waals surface area contributed by atoms with Crippen LogP contribution in [0, 0.1) is 5.92 Å². The maximum atomic E-state index is 15.0. The van der Waals surface area contributed by atoms with Gasteiger partial charge in [-0.15, -0.1) is 0 Å². The molecule has 3 saturated heterocycles. The van der Waals surface area contributed by atoms with Crippen LogP contribution in [-0.2, 0) is 23.9 Å². The number of hydrazone groups is 1. The number of carbonyl (C=O) groups excluding carboxylic acids is 3. The molecule has 0 radical (unpaired) electrons. The number of rotatable bonds is 7. The highest BCUT2D eigenvalue weighted by Gasteiger charge is 2.69. The Bertz CT molecular complexity index is 1380. The van der Waals surface area contributed by atoms with Gasteiger partial charge in [0.1, 0.15) is 11.9 Å². The van der Waals surface area contributed by atoms with E-state index >= 15 is 4.79 Å². The first-order valence-electron chi connectivity index (χ1n) is 14.7. The van der Waals surface area contributed by atoms with Gasteiger partial charge < -0.3 is 19.1 Å².